The molecule has 0 radical (unpaired) electrons. The van der Waals surface area contributed by atoms with Crippen LogP contribution in [0.25, 0.3) is 11.3 Å². The average Bonchev–Trinajstić information content (AvgIpc) is 3.18. The van der Waals surface area contributed by atoms with Crippen molar-refractivity contribution >= 4 is 17.5 Å². The van der Waals surface area contributed by atoms with E-state index in [-0.39, 0.29) is 5.91 Å². The Hall–Kier alpha value is -2.99. The molecule has 27 heavy (non-hydrogen) atoms. The summed E-state index contributed by atoms with van der Waals surface area (Å²) in [4.78, 5) is 12.6. The van der Waals surface area contributed by atoms with Gasteiger partial charge in [0.25, 0.3) is 5.91 Å². The largest absolute Gasteiger partial charge is 0.497 e. The van der Waals surface area contributed by atoms with Crippen molar-refractivity contribution in [3.63, 3.8) is 0 Å². The predicted octanol–water partition coefficient (Wildman–Crippen LogP) is 4.07. The number of methoxy groups -OCH3 is 1. The Kier molecular flexibility index (Phi) is 5.98. The highest BCUT2D eigenvalue weighted by atomic mass is 35.5. The molecule has 0 bridgehead atoms. The third-order valence-corrected chi connectivity index (χ3v) is 4.31. The van der Waals surface area contributed by atoms with Gasteiger partial charge in [0, 0.05) is 12.1 Å². The van der Waals surface area contributed by atoms with Crippen LogP contribution in [0, 0.1) is 0 Å². The molecule has 0 atom stereocenters. The number of H-pyrrole nitrogens is 1. The molecule has 0 fully saturated rings. The monoisotopic (exact) mass is 385 g/mol. The third kappa shape index (κ3) is 4.41. The molecule has 1 heterocycles. The molecule has 7 heteroatoms. The zero-order valence-corrected chi connectivity index (χ0v) is 15.8. The van der Waals surface area contributed by atoms with E-state index < -0.39 is 0 Å². The summed E-state index contributed by atoms with van der Waals surface area (Å²) in [5, 5.41) is 10.3. The molecular formula is C20H20ClN3O3. The molecule has 0 spiro atoms. The van der Waals surface area contributed by atoms with E-state index in [1.807, 2.05) is 37.3 Å². The van der Waals surface area contributed by atoms with Gasteiger partial charge < -0.3 is 14.8 Å². The number of hydrogen-bond donors (Lipinski definition) is 2. The molecule has 6 nitrogen and oxygen atoms in total. The standard InChI is InChI=1S/C20H20ClN3O3/c1-3-27-18-9-6-14(10-17(18)21)19-16(12-23-24-19)20(25)22-11-13-4-7-15(26-2)8-5-13/h4-10,12H,3,11H2,1-2H3,(H,22,25)(H,23,24). The van der Waals surface area contributed by atoms with E-state index >= 15 is 0 Å². The second-order valence-electron chi connectivity index (χ2n) is 5.77. The van der Waals surface area contributed by atoms with Crippen LogP contribution in [-0.4, -0.2) is 29.8 Å². The van der Waals surface area contributed by atoms with Gasteiger partial charge >= 0.3 is 0 Å². The number of nitrogens with one attached hydrogen (secondary N) is 2. The maximum Gasteiger partial charge on any atom is 0.255 e. The highest BCUT2D eigenvalue weighted by molar-refractivity contribution is 6.32. The first kappa shape index (κ1) is 18.8. The molecular weight excluding hydrogens is 366 g/mol. The third-order valence-electron chi connectivity index (χ3n) is 4.02. The van der Waals surface area contributed by atoms with Gasteiger partial charge in [0.1, 0.15) is 11.5 Å². The molecule has 2 aromatic carbocycles. The zero-order valence-electron chi connectivity index (χ0n) is 15.1. The average molecular weight is 386 g/mol. The topological polar surface area (TPSA) is 76.2 Å². The van der Waals surface area contributed by atoms with Crippen LogP contribution in [0.15, 0.2) is 48.7 Å². The minimum atomic E-state index is -0.223. The molecule has 0 saturated heterocycles. The van der Waals surface area contributed by atoms with Gasteiger partial charge in [-0.2, -0.15) is 5.10 Å². The van der Waals surface area contributed by atoms with E-state index in [0.717, 1.165) is 16.9 Å². The Morgan fingerprint density at radius 3 is 2.67 bits per heavy atom. The van der Waals surface area contributed by atoms with Gasteiger partial charge in [-0.3, -0.25) is 9.89 Å². The number of aromatic amines is 1. The van der Waals surface area contributed by atoms with Gasteiger partial charge in [-0.1, -0.05) is 23.7 Å². The van der Waals surface area contributed by atoms with Crippen molar-refractivity contribution in [3.8, 4) is 22.8 Å². The van der Waals surface area contributed by atoms with E-state index in [1.165, 1.54) is 6.20 Å². The van der Waals surface area contributed by atoms with Crippen LogP contribution >= 0.6 is 11.6 Å². The highest BCUT2D eigenvalue weighted by Gasteiger charge is 2.16. The van der Waals surface area contributed by atoms with E-state index in [0.29, 0.717) is 35.2 Å². The maximum absolute atomic E-state index is 12.6. The lowest BCUT2D eigenvalue weighted by Gasteiger charge is -2.09. The SMILES string of the molecule is CCOc1ccc(-c2[nH]ncc2C(=O)NCc2ccc(OC)cc2)cc1Cl. The van der Waals surface area contributed by atoms with Crippen molar-refractivity contribution in [2.75, 3.05) is 13.7 Å². The number of carbonyl (C=O) groups excluding carboxylic acids is 1. The second-order valence-corrected chi connectivity index (χ2v) is 6.17. The lowest BCUT2D eigenvalue weighted by Crippen LogP contribution is -2.22. The number of rotatable bonds is 7. The molecule has 0 aliphatic carbocycles. The Morgan fingerprint density at radius 2 is 2.00 bits per heavy atom. The van der Waals surface area contributed by atoms with Crippen LogP contribution in [-0.2, 0) is 6.54 Å². The number of amides is 1. The van der Waals surface area contributed by atoms with Gasteiger partial charge in [-0.05, 0) is 42.8 Å². The van der Waals surface area contributed by atoms with Gasteiger partial charge in [-0.25, -0.2) is 0 Å². The number of benzene rings is 2. The summed E-state index contributed by atoms with van der Waals surface area (Å²) < 4.78 is 10.6. The Bertz CT molecular complexity index is 922. The van der Waals surface area contributed by atoms with Crippen molar-refractivity contribution in [1.82, 2.24) is 15.5 Å². The Labute approximate surface area is 162 Å². The number of aromatic nitrogens is 2. The number of halogens is 1. The van der Waals surface area contributed by atoms with Crippen LogP contribution in [0.1, 0.15) is 22.8 Å². The first-order chi connectivity index (χ1) is 13.1. The molecule has 0 aliphatic heterocycles. The molecule has 0 aliphatic rings. The second kappa shape index (κ2) is 8.60. The lowest BCUT2D eigenvalue weighted by molar-refractivity contribution is 0.0951. The first-order valence-corrected chi connectivity index (χ1v) is 8.87. The Balaban J connectivity index is 1.73. The quantitative estimate of drug-likeness (QED) is 0.642. The summed E-state index contributed by atoms with van der Waals surface area (Å²) in [5.41, 5.74) is 2.78. The number of carbonyl (C=O) groups is 1. The number of nitrogens with zero attached hydrogens (tertiary/aromatic N) is 1. The summed E-state index contributed by atoms with van der Waals surface area (Å²) in [5.74, 6) is 1.15. The summed E-state index contributed by atoms with van der Waals surface area (Å²) in [6.07, 6.45) is 1.50. The normalized spacial score (nSPS) is 10.5. The number of ether oxygens (including phenoxy) is 2. The van der Waals surface area contributed by atoms with Crippen LogP contribution in [0.2, 0.25) is 5.02 Å². The molecule has 1 amide bonds. The van der Waals surface area contributed by atoms with Crippen LogP contribution in [0.4, 0.5) is 0 Å². The van der Waals surface area contributed by atoms with Gasteiger partial charge in [0.15, 0.2) is 0 Å². The van der Waals surface area contributed by atoms with E-state index in [9.17, 15) is 4.79 Å². The fourth-order valence-electron chi connectivity index (χ4n) is 2.63. The van der Waals surface area contributed by atoms with Crippen LogP contribution < -0.4 is 14.8 Å². The molecule has 1 aromatic heterocycles. The van der Waals surface area contributed by atoms with Gasteiger partial charge in [0.2, 0.25) is 0 Å². The molecule has 0 unspecified atom stereocenters. The predicted molar refractivity (Wildman–Crippen MR) is 104 cm³/mol. The Morgan fingerprint density at radius 1 is 1.22 bits per heavy atom. The van der Waals surface area contributed by atoms with Gasteiger partial charge in [-0.15, -0.1) is 0 Å². The fraction of sp³-hybridized carbons (Fsp3) is 0.200. The molecule has 140 valence electrons. The van der Waals surface area contributed by atoms with Crippen molar-refractivity contribution in [1.29, 1.82) is 0 Å². The summed E-state index contributed by atoms with van der Waals surface area (Å²) >= 11 is 6.25. The summed E-state index contributed by atoms with van der Waals surface area (Å²) in [7, 11) is 1.62. The summed E-state index contributed by atoms with van der Waals surface area (Å²) in [6, 6.07) is 12.9. The van der Waals surface area contributed by atoms with Crippen LogP contribution in [0.3, 0.4) is 0 Å². The molecule has 2 N–H and O–H groups in total. The van der Waals surface area contributed by atoms with Crippen molar-refractivity contribution < 1.29 is 14.3 Å². The lowest BCUT2D eigenvalue weighted by atomic mass is 10.1. The first-order valence-electron chi connectivity index (χ1n) is 8.49. The fourth-order valence-corrected chi connectivity index (χ4v) is 2.86. The van der Waals surface area contributed by atoms with Crippen molar-refractivity contribution in [3.05, 3.63) is 64.8 Å². The van der Waals surface area contributed by atoms with Crippen LogP contribution in [0.5, 0.6) is 11.5 Å². The molecule has 3 aromatic rings. The summed E-state index contributed by atoms with van der Waals surface area (Å²) in [6.45, 7) is 2.82. The van der Waals surface area contributed by atoms with E-state index in [2.05, 4.69) is 15.5 Å². The van der Waals surface area contributed by atoms with Crippen molar-refractivity contribution in [2.45, 2.75) is 13.5 Å². The van der Waals surface area contributed by atoms with E-state index in [4.69, 9.17) is 21.1 Å². The highest BCUT2D eigenvalue weighted by Crippen LogP contribution is 2.31. The zero-order chi connectivity index (χ0) is 19.2. The number of hydrogen-bond acceptors (Lipinski definition) is 4. The van der Waals surface area contributed by atoms with Gasteiger partial charge in [0.05, 0.1) is 36.2 Å². The minimum Gasteiger partial charge on any atom is -0.497 e. The van der Waals surface area contributed by atoms with Crippen molar-refractivity contribution in [2.24, 2.45) is 0 Å². The minimum absolute atomic E-state index is 0.223. The molecule has 3 rings (SSSR count). The molecule has 0 saturated carbocycles. The maximum atomic E-state index is 12.6. The van der Waals surface area contributed by atoms with E-state index in [1.54, 1.807) is 19.2 Å². The smallest absolute Gasteiger partial charge is 0.255 e.